The van der Waals surface area contributed by atoms with Gasteiger partial charge in [0.2, 0.25) is 5.91 Å². The number of anilines is 3. The second-order valence-corrected chi connectivity index (χ2v) is 14.4. The molecule has 6 N–H and O–H groups in total. The SMILES string of the molecule is CC(C)(C)OC(=O)N[C@@H](CCCCNC(=O)OCc1ccccc1)C(=O)NCCc1ccc(-c2cnc(N)c(C(=O)Nc3cnccc3N3CCOCC3)n2)cc1. The summed E-state index contributed by atoms with van der Waals surface area (Å²) in [7, 11) is 0. The van der Waals surface area contributed by atoms with Crippen LogP contribution in [0.15, 0.2) is 79.3 Å². The molecule has 1 aliphatic rings. The number of amides is 4. The van der Waals surface area contributed by atoms with Gasteiger partial charge in [0.25, 0.3) is 5.91 Å². The van der Waals surface area contributed by atoms with Gasteiger partial charge in [-0.1, -0.05) is 54.6 Å². The predicted molar refractivity (Wildman–Crippen MR) is 215 cm³/mol. The number of hydrogen-bond acceptors (Lipinski definition) is 12. The second kappa shape index (κ2) is 20.6. The number of unbranched alkanes of at least 4 members (excludes halogenated alkanes) is 1. The van der Waals surface area contributed by atoms with E-state index in [0.717, 1.165) is 22.4 Å². The van der Waals surface area contributed by atoms with E-state index < -0.39 is 29.7 Å². The van der Waals surface area contributed by atoms with Crippen molar-refractivity contribution in [2.24, 2.45) is 0 Å². The van der Waals surface area contributed by atoms with Gasteiger partial charge in [-0.2, -0.15) is 0 Å². The molecule has 4 aromatic rings. The molecule has 3 heterocycles. The van der Waals surface area contributed by atoms with Crippen molar-refractivity contribution < 1.29 is 33.4 Å². The number of carbonyl (C=O) groups excluding carboxylic acids is 4. The lowest BCUT2D eigenvalue weighted by Gasteiger charge is -2.30. The summed E-state index contributed by atoms with van der Waals surface area (Å²) in [5, 5.41) is 11.2. The fraction of sp³-hybridized carbons (Fsp3) is 0.390. The van der Waals surface area contributed by atoms with Crippen LogP contribution in [-0.2, 0) is 32.0 Å². The van der Waals surface area contributed by atoms with Gasteiger partial charge in [0.15, 0.2) is 11.5 Å². The van der Waals surface area contributed by atoms with E-state index in [0.29, 0.717) is 76.5 Å². The van der Waals surface area contributed by atoms with E-state index in [4.69, 9.17) is 19.9 Å². The molecule has 4 amide bonds. The lowest BCUT2D eigenvalue weighted by Crippen LogP contribution is -2.48. The van der Waals surface area contributed by atoms with E-state index in [1.807, 2.05) is 60.7 Å². The molecule has 2 aromatic heterocycles. The first kappa shape index (κ1) is 41.9. The van der Waals surface area contributed by atoms with Crippen LogP contribution in [0.2, 0.25) is 0 Å². The fourth-order valence-corrected chi connectivity index (χ4v) is 5.90. The third-order valence-electron chi connectivity index (χ3n) is 8.79. The van der Waals surface area contributed by atoms with Crippen LogP contribution >= 0.6 is 0 Å². The first-order chi connectivity index (χ1) is 27.4. The highest BCUT2D eigenvalue weighted by molar-refractivity contribution is 6.07. The molecule has 0 bridgehead atoms. The Hall–Kier alpha value is -6.29. The van der Waals surface area contributed by atoms with Gasteiger partial charge in [0, 0.05) is 37.9 Å². The standard InChI is InChI=1S/C41H51N9O7/c1-41(2,3)57-40(54)49-31(11-7-8-18-45-39(53)56-27-29-9-5-4-6-10-29)37(51)44-20-16-28-12-14-30(15-13-28)32-26-46-36(42)35(47-32)38(52)48-33-25-43-19-17-34(33)50-21-23-55-24-22-50/h4-6,9-10,12-15,17,19,25-26,31H,7-8,11,16,18,20-24,27H2,1-3H3,(H2,42,46)(H,44,51)(H,45,53)(H,48,52)(H,49,54)/t31-/m0/s1. The maximum absolute atomic E-state index is 13.4. The zero-order valence-electron chi connectivity index (χ0n) is 32.6. The van der Waals surface area contributed by atoms with E-state index in [9.17, 15) is 19.2 Å². The van der Waals surface area contributed by atoms with E-state index in [1.165, 1.54) is 6.20 Å². The Morgan fingerprint density at radius 1 is 0.895 bits per heavy atom. The zero-order valence-corrected chi connectivity index (χ0v) is 32.6. The maximum atomic E-state index is 13.4. The predicted octanol–water partition coefficient (Wildman–Crippen LogP) is 4.86. The van der Waals surface area contributed by atoms with E-state index in [1.54, 1.807) is 33.2 Å². The molecular formula is C41H51N9O7. The number of carbonyl (C=O) groups is 4. The Labute approximate surface area is 332 Å². The Kier molecular flexibility index (Phi) is 15.1. The number of nitrogens with two attached hydrogens (primary N) is 1. The highest BCUT2D eigenvalue weighted by Crippen LogP contribution is 2.27. The number of morpholine rings is 1. The third-order valence-corrected chi connectivity index (χ3v) is 8.79. The maximum Gasteiger partial charge on any atom is 0.408 e. The number of nitrogen functional groups attached to an aromatic ring is 1. The first-order valence-corrected chi connectivity index (χ1v) is 19.0. The number of pyridine rings is 1. The Morgan fingerprint density at radius 2 is 1.65 bits per heavy atom. The van der Waals surface area contributed by atoms with Crippen molar-refractivity contribution in [1.82, 2.24) is 30.9 Å². The van der Waals surface area contributed by atoms with Crippen LogP contribution in [-0.4, -0.2) is 90.0 Å². The molecule has 1 saturated heterocycles. The number of ether oxygens (including phenoxy) is 3. The van der Waals surface area contributed by atoms with Crippen LogP contribution in [0.1, 0.15) is 61.6 Å². The summed E-state index contributed by atoms with van der Waals surface area (Å²) in [5.41, 5.74) is 9.72. The second-order valence-electron chi connectivity index (χ2n) is 14.4. The Balaban J connectivity index is 1.11. The van der Waals surface area contributed by atoms with Gasteiger partial charge in [0.05, 0.1) is 42.7 Å². The number of hydrogen-bond donors (Lipinski definition) is 5. The van der Waals surface area contributed by atoms with Crippen molar-refractivity contribution in [2.75, 3.05) is 55.3 Å². The normalized spacial score (nSPS) is 13.2. The van der Waals surface area contributed by atoms with Crippen molar-refractivity contribution in [3.63, 3.8) is 0 Å². The first-order valence-electron chi connectivity index (χ1n) is 19.0. The van der Waals surface area contributed by atoms with Crippen molar-refractivity contribution in [3.8, 4) is 11.3 Å². The van der Waals surface area contributed by atoms with Gasteiger partial charge in [-0.25, -0.2) is 19.6 Å². The summed E-state index contributed by atoms with van der Waals surface area (Å²) < 4.78 is 16.1. The van der Waals surface area contributed by atoms with Crippen LogP contribution in [0.25, 0.3) is 11.3 Å². The van der Waals surface area contributed by atoms with Gasteiger partial charge in [0.1, 0.15) is 18.2 Å². The number of alkyl carbamates (subject to hydrolysis) is 2. The smallest absolute Gasteiger partial charge is 0.408 e. The van der Waals surface area contributed by atoms with Crippen LogP contribution in [0.3, 0.4) is 0 Å². The minimum absolute atomic E-state index is 0.00390. The van der Waals surface area contributed by atoms with E-state index in [2.05, 4.69) is 41.1 Å². The van der Waals surface area contributed by atoms with E-state index >= 15 is 0 Å². The van der Waals surface area contributed by atoms with E-state index in [-0.39, 0.29) is 24.0 Å². The van der Waals surface area contributed by atoms with Crippen molar-refractivity contribution in [1.29, 1.82) is 0 Å². The number of rotatable bonds is 16. The molecule has 1 atom stereocenters. The summed E-state index contributed by atoms with van der Waals surface area (Å²) in [6.07, 6.45) is 5.51. The number of benzene rings is 2. The third kappa shape index (κ3) is 13.5. The van der Waals surface area contributed by atoms with Gasteiger partial charge in [-0.05, 0) is 63.6 Å². The summed E-state index contributed by atoms with van der Waals surface area (Å²) in [6, 6.07) is 17.9. The summed E-state index contributed by atoms with van der Waals surface area (Å²) >= 11 is 0. The monoisotopic (exact) mass is 781 g/mol. The van der Waals surface area contributed by atoms with Crippen LogP contribution in [0.4, 0.5) is 26.8 Å². The fourth-order valence-electron chi connectivity index (χ4n) is 5.90. The number of aromatic nitrogens is 3. The molecular weight excluding hydrogens is 731 g/mol. The lowest BCUT2D eigenvalue weighted by atomic mass is 10.1. The minimum Gasteiger partial charge on any atom is -0.445 e. The highest BCUT2D eigenvalue weighted by Gasteiger charge is 2.24. The Bertz CT molecular complexity index is 1950. The van der Waals surface area contributed by atoms with Crippen molar-refractivity contribution in [2.45, 2.75) is 64.7 Å². The molecule has 16 nitrogen and oxygen atoms in total. The molecule has 0 unspecified atom stereocenters. The molecule has 0 radical (unpaired) electrons. The van der Waals surface area contributed by atoms with Crippen LogP contribution in [0.5, 0.6) is 0 Å². The summed E-state index contributed by atoms with van der Waals surface area (Å²) in [6.45, 7) is 8.63. The van der Waals surface area contributed by atoms with Crippen molar-refractivity contribution >= 4 is 41.2 Å². The molecule has 302 valence electrons. The molecule has 0 spiro atoms. The highest BCUT2D eigenvalue weighted by atomic mass is 16.6. The molecule has 0 saturated carbocycles. The van der Waals surface area contributed by atoms with Crippen LogP contribution in [0, 0.1) is 0 Å². The number of nitrogens with zero attached hydrogens (tertiary/aromatic N) is 4. The largest absolute Gasteiger partial charge is 0.445 e. The molecule has 1 fully saturated rings. The molecule has 2 aromatic carbocycles. The number of nitrogens with one attached hydrogen (secondary N) is 4. The molecule has 5 rings (SSSR count). The van der Waals surface area contributed by atoms with Gasteiger partial charge in [-0.15, -0.1) is 0 Å². The molecule has 16 heteroatoms. The average molecular weight is 782 g/mol. The van der Waals surface area contributed by atoms with Gasteiger partial charge in [-0.3, -0.25) is 14.6 Å². The molecule has 0 aliphatic carbocycles. The minimum atomic E-state index is -0.841. The Morgan fingerprint density at radius 3 is 2.39 bits per heavy atom. The summed E-state index contributed by atoms with van der Waals surface area (Å²) in [5.74, 6) is -0.859. The topological polar surface area (TPSA) is 212 Å². The molecule has 1 aliphatic heterocycles. The molecule has 57 heavy (non-hydrogen) atoms. The lowest BCUT2D eigenvalue weighted by molar-refractivity contribution is -0.123. The average Bonchev–Trinajstić information content (AvgIpc) is 3.20. The van der Waals surface area contributed by atoms with Crippen LogP contribution < -0.4 is 31.9 Å². The van der Waals surface area contributed by atoms with Gasteiger partial charge < -0.3 is 46.1 Å². The summed E-state index contributed by atoms with van der Waals surface area (Å²) in [4.78, 5) is 66.4. The van der Waals surface area contributed by atoms with Crippen molar-refractivity contribution in [3.05, 3.63) is 96.1 Å². The quantitative estimate of drug-likeness (QED) is 0.0966. The zero-order chi connectivity index (χ0) is 40.6. The van der Waals surface area contributed by atoms with Gasteiger partial charge >= 0.3 is 12.2 Å².